The Morgan fingerprint density at radius 1 is 0.818 bits per heavy atom. The summed E-state index contributed by atoms with van der Waals surface area (Å²) in [4.78, 5) is 16.4. The molecule has 33 heavy (non-hydrogen) atoms. The van der Waals surface area contributed by atoms with Gasteiger partial charge in [-0.25, -0.2) is 13.6 Å². The van der Waals surface area contributed by atoms with Gasteiger partial charge in [-0.2, -0.15) is 9.61 Å². The first kappa shape index (κ1) is 20.2. The summed E-state index contributed by atoms with van der Waals surface area (Å²) in [5, 5.41) is 18.1. The Hall–Kier alpha value is -4.73. The first-order chi connectivity index (χ1) is 16.1. The third-order valence-electron chi connectivity index (χ3n) is 4.78. The van der Waals surface area contributed by atoms with Crippen LogP contribution in [0.2, 0.25) is 0 Å². The van der Waals surface area contributed by atoms with Crippen LogP contribution in [0, 0.1) is 11.6 Å². The standard InChI is InChI=1S/C23H15F2N7O/c24-18-7-6-17(12-19(18)25)28-23(33)27-16-5-1-3-14(11-16)20-8-9-21-29-30-22(32(21)31-20)15-4-2-10-26-13-15/h1-13H,(H2,27,28,33). The number of anilines is 2. The zero-order chi connectivity index (χ0) is 22.8. The molecule has 0 unspecified atom stereocenters. The molecular weight excluding hydrogens is 428 g/mol. The van der Waals surface area contributed by atoms with E-state index in [-0.39, 0.29) is 5.69 Å². The van der Waals surface area contributed by atoms with Crippen molar-refractivity contribution < 1.29 is 13.6 Å². The van der Waals surface area contributed by atoms with E-state index < -0.39 is 17.7 Å². The second-order valence-corrected chi connectivity index (χ2v) is 7.04. The minimum absolute atomic E-state index is 0.130. The van der Waals surface area contributed by atoms with Gasteiger partial charge in [0, 0.05) is 41.0 Å². The molecule has 2 amide bonds. The summed E-state index contributed by atoms with van der Waals surface area (Å²) in [6, 6.07) is 16.9. The Labute approximate surface area is 185 Å². The topological polar surface area (TPSA) is 97.1 Å². The average Bonchev–Trinajstić information content (AvgIpc) is 3.25. The van der Waals surface area contributed by atoms with Gasteiger partial charge in [-0.3, -0.25) is 4.98 Å². The number of rotatable bonds is 4. The molecular formula is C23H15F2N7O. The van der Waals surface area contributed by atoms with E-state index in [1.807, 2.05) is 12.1 Å². The average molecular weight is 443 g/mol. The molecule has 0 aliphatic heterocycles. The van der Waals surface area contributed by atoms with Crippen LogP contribution < -0.4 is 10.6 Å². The molecule has 5 aromatic rings. The van der Waals surface area contributed by atoms with Crippen molar-refractivity contribution in [2.24, 2.45) is 0 Å². The number of nitrogens with one attached hydrogen (secondary N) is 2. The van der Waals surface area contributed by atoms with Crippen molar-refractivity contribution >= 4 is 23.1 Å². The van der Waals surface area contributed by atoms with E-state index in [1.54, 1.807) is 53.3 Å². The van der Waals surface area contributed by atoms with Gasteiger partial charge in [0.1, 0.15) is 0 Å². The van der Waals surface area contributed by atoms with Gasteiger partial charge in [0.05, 0.1) is 5.69 Å². The first-order valence-corrected chi connectivity index (χ1v) is 9.83. The number of urea groups is 1. The molecule has 3 aromatic heterocycles. The third kappa shape index (κ3) is 4.22. The minimum atomic E-state index is -1.05. The number of halogens is 2. The normalized spacial score (nSPS) is 10.8. The zero-order valence-corrected chi connectivity index (χ0v) is 16.9. The Morgan fingerprint density at radius 2 is 1.64 bits per heavy atom. The summed E-state index contributed by atoms with van der Waals surface area (Å²) in [7, 11) is 0. The summed E-state index contributed by atoms with van der Waals surface area (Å²) in [5.41, 5.74) is 3.36. The largest absolute Gasteiger partial charge is 0.323 e. The summed E-state index contributed by atoms with van der Waals surface area (Å²) in [6.45, 7) is 0. The molecule has 162 valence electrons. The van der Waals surface area contributed by atoms with E-state index in [9.17, 15) is 13.6 Å². The maximum atomic E-state index is 13.4. The van der Waals surface area contributed by atoms with Crippen LogP contribution in [-0.4, -0.2) is 30.8 Å². The maximum absolute atomic E-state index is 13.4. The van der Waals surface area contributed by atoms with Crippen LogP contribution in [0.4, 0.5) is 25.0 Å². The lowest BCUT2D eigenvalue weighted by Gasteiger charge is -2.09. The second-order valence-electron chi connectivity index (χ2n) is 7.04. The number of hydrogen-bond acceptors (Lipinski definition) is 5. The predicted molar refractivity (Wildman–Crippen MR) is 118 cm³/mol. The highest BCUT2D eigenvalue weighted by Crippen LogP contribution is 2.23. The molecule has 0 saturated heterocycles. The molecule has 0 fully saturated rings. The van der Waals surface area contributed by atoms with Crippen molar-refractivity contribution in [2.75, 3.05) is 10.6 Å². The Balaban J connectivity index is 1.39. The van der Waals surface area contributed by atoms with Crippen molar-refractivity contribution in [2.45, 2.75) is 0 Å². The van der Waals surface area contributed by atoms with Crippen LogP contribution >= 0.6 is 0 Å². The van der Waals surface area contributed by atoms with Crippen molar-refractivity contribution in [3.05, 3.63) is 90.8 Å². The number of nitrogens with zero attached hydrogens (tertiary/aromatic N) is 5. The van der Waals surface area contributed by atoms with Gasteiger partial charge in [-0.1, -0.05) is 12.1 Å². The fourth-order valence-corrected chi connectivity index (χ4v) is 3.24. The second kappa shape index (κ2) is 8.42. The lowest BCUT2D eigenvalue weighted by atomic mass is 10.1. The lowest BCUT2D eigenvalue weighted by molar-refractivity contribution is 0.262. The summed E-state index contributed by atoms with van der Waals surface area (Å²) in [6.07, 6.45) is 3.35. The Kier molecular flexibility index (Phi) is 5.15. The number of benzene rings is 2. The Bertz CT molecular complexity index is 1470. The molecule has 2 N–H and O–H groups in total. The Morgan fingerprint density at radius 3 is 2.42 bits per heavy atom. The zero-order valence-electron chi connectivity index (χ0n) is 16.9. The van der Waals surface area contributed by atoms with Crippen LogP contribution in [0.5, 0.6) is 0 Å². The van der Waals surface area contributed by atoms with Gasteiger partial charge in [0.15, 0.2) is 23.1 Å². The highest BCUT2D eigenvalue weighted by Gasteiger charge is 2.12. The number of aromatic nitrogens is 5. The quantitative estimate of drug-likeness (QED) is 0.417. The molecule has 0 atom stereocenters. The predicted octanol–water partition coefficient (Wildman–Crippen LogP) is 4.78. The van der Waals surface area contributed by atoms with Crippen molar-refractivity contribution in [3.63, 3.8) is 0 Å². The van der Waals surface area contributed by atoms with Gasteiger partial charge >= 0.3 is 6.03 Å². The summed E-state index contributed by atoms with van der Waals surface area (Å²) in [5.74, 6) is -1.48. The van der Waals surface area contributed by atoms with Gasteiger partial charge in [-0.15, -0.1) is 10.2 Å². The monoisotopic (exact) mass is 443 g/mol. The van der Waals surface area contributed by atoms with Gasteiger partial charge < -0.3 is 10.6 Å². The van der Waals surface area contributed by atoms with E-state index >= 15 is 0 Å². The highest BCUT2D eigenvalue weighted by atomic mass is 19.2. The van der Waals surface area contributed by atoms with Crippen molar-refractivity contribution in [1.29, 1.82) is 0 Å². The van der Waals surface area contributed by atoms with Gasteiger partial charge in [0.25, 0.3) is 0 Å². The van der Waals surface area contributed by atoms with Crippen LogP contribution in [0.25, 0.3) is 28.3 Å². The van der Waals surface area contributed by atoms with E-state index in [0.717, 1.165) is 23.3 Å². The maximum Gasteiger partial charge on any atom is 0.323 e. The van der Waals surface area contributed by atoms with E-state index in [1.165, 1.54) is 6.07 Å². The van der Waals surface area contributed by atoms with Crippen LogP contribution in [0.15, 0.2) is 79.1 Å². The molecule has 5 rings (SSSR count). The van der Waals surface area contributed by atoms with Crippen molar-refractivity contribution in [3.8, 4) is 22.6 Å². The molecule has 3 heterocycles. The fraction of sp³-hybridized carbons (Fsp3) is 0. The third-order valence-corrected chi connectivity index (χ3v) is 4.78. The smallest absolute Gasteiger partial charge is 0.308 e. The van der Waals surface area contributed by atoms with E-state index in [2.05, 4.69) is 30.9 Å². The molecule has 0 aliphatic rings. The van der Waals surface area contributed by atoms with E-state index in [0.29, 0.717) is 22.9 Å². The minimum Gasteiger partial charge on any atom is -0.308 e. The van der Waals surface area contributed by atoms with Crippen LogP contribution in [0.1, 0.15) is 0 Å². The molecule has 0 aliphatic carbocycles. The van der Waals surface area contributed by atoms with Crippen molar-refractivity contribution in [1.82, 2.24) is 24.8 Å². The molecule has 0 radical (unpaired) electrons. The number of pyridine rings is 1. The van der Waals surface area contributed by atoms with E-state index in [4.69, 9.17) is 0 Å². The SMILES string of the molecule is O=C(Nc1cccc(-c2ccc3nnc(-c4cccnc4)n3n2)c1)Nc1ccc(F)c(F)c1. The summed E-state index contributed by atoms with van der Waals surface area (Å²) < 4.78 is 28.0. The molecule has 0 spiro atoms. The number of carbonyl (C=O) groups is 1. The molecule has 0 bridgehead atoms. The number of fused-ring (bicyclic) bond motifs is 1. The lowest BCUT2D eigenvalue weighted by Crippen LogP contribution is -2.19. The molecule has 10 heteroatoms. The van der Waals surface area contributed by atoms with Gasteiger partial charge in [-0.05, 0) is 48.5 Å². The first-order valence-electron chi connectivity index (χ1n) is 9.83. The molecule has 8 nitrogen and oxygen atoms in total. The fourth-order valence-electron chi connectivity index (χ4n) is 3.24. The van der Waals surface area contributed by atoms with Gasteiger partial charge in [0.2, 0.25) is 0 Å². The number of hydrogen-bond donors (Lipinski definition) is 2. The number of carbonyl (C=O) groups excluding carboxylic acids is 1. The molecule has 2 aromatic carbocycles. The molecule has 0 saturated carbocycles. The van der Waals surface area contributed by atoms with Crippen LogP contribution in [-0.2, 0) is 0 Å². The summed E-state index contributed by atoms with van der Waals surface area (Å²) >= 11 is 0. The van der Waals surface area contributed by atoms with Crippen LogP contribution in [0.3, 0.4) is 0 Å². The number of amides is 2. The highest BCUT2D eigenvalue weighted by molar-refractivity contribution is 6.00.